The number of carbonyl (C=O) groups excluding carboxylic acids is 1. The van der Waals surface area contributed by atoms with Gasteiger partial charge in [0.15, 0.2) is 11.6 Å². The van der Waals surface area contributed by atoms with Crippen molar-refractivity contribution in [3.8, 4) is 5.75 Å². The molecule has 0 radical (unpaired) electrons. The van der Waals surface area contributed by atoms with Crippen LogP contribution in [0.1, 0.15) is 10.5 Å². The Morgan fingerprint density at radius 2 is 2.35 bits per heavy atom. The number of nitrogens with two attached hydrogens (primary N) is 1. The van der Waals surface area contributed by atoms with E-state index in [1.54, 1.807) is 10.8 Å². The molecule has 6 nitrogen and oxygen atoms in total. The molecule has 0 bridgehead atoms. The van der Waals surface area contributed by atoms with E-state index in [0.717, 1.165) is 0 Å². The molecule has 0 unspecified atom stereocenters. The zero-order valence-electron chi connectivity index (χ0n) is 11.0. The molecule has 0 fully saturated rings. The predicted molar refractivity (Wildman–Crippen MR) is 72.2 cm³/mol. The lowest BCUT2D eigenvalue weighted by atomic mass is 10.2. The van der Waals surface area contributed by atoms with Crippen LogP contribution in [0.25, 0.3) is 0 Å². The lowest BCUT2D eigenvalue weighted by molar-refractivity contribution is 0.102. The summed E-state index contributed by atoms with van der Waals surface area (Å²) in [7, 11) is 1.36. The first-order chi connectivity index (χ1) is 9.63. The van der Waals surface area contributed by atoms with Gasteiger partial charge < -0.3 is 20.4 Å². The number of carbonyl (C=O) groups is 1. The summed E-state index contributed by atoms with van der Waals surface area (Å²) in [6.45, 7) is 1.05. The Bertz CT molecular complexity index is 612. The van der Waals surface area contributed by atoms with Gasteiger partial charge in [0, 0.05) is 31.0 Å². The van der Waals surface area contributed by atoms with Crippen molar-refractivity contribution in [1.29, 1.82) is 0 Å². The van der Waals surface area contributed by atoms with Crippen LogP contribution >= 0.6 is 0 Å². The maximum Gasteiger partial charge on any atom is 0.275 e. The van der Waals surface area contributed by atoms with Crippen molar-refractivity contribution >= 4 is 11.6 Å². The topological polar surface area (TPSA) is 82.2 Å². The summed E-state index contributed by atoms with van der Waals surface area (Å²) in [6, 6.07) is 4.08. The average Bonchev–Trinajstić information content (AvgIpc) is 2.90. The number of imidazole rings is 1. The molecule has 1 aromatic carbocycles. The number of anilines is 1. The highest BCUT2D eigenvalue weighted by molar-refractivity contribution is 6.02. The molecule has 0 saturated carbocycles. The zero-order valence-corrected chi connectivity index (χ0v) is 11.0. The van der Waals surface area contributed by atoms with E-state index in [-0.39, 0.29) is 17.4 Å². The van der Waals surface area contributed by atoms with Crippen LogP contribution in [-0.4, -0.2) is 29.1 Å². The fourth-order valence-corrected chi connectivity index (χ4v) is 1.68. The minimum Gasteiger partial charge on any atom is -0.494 e. The molecule has 2 rings (SSSR count). The number of hydrogen-bond acceptors (Lipinski definition) is 4. The maximum atomic E-state index is 13.3. The molecule has 1 amide bonds. The van der Waals surface area contributed by atoms with Crippen molar-refractivity contribution in [2.75, 3.05) is 19.0 Å². The fourth-order valence-electron chi connectivity index (χ4n) is 1.68. The van der Waals surface area contributed by atoms with E-state index in [4.69, 9.17) is 10.5 Å². The Balaban J connectivity index is 2.10. The van der Waals surface area contributed by atoms with Crippen LogP contribution in [0.3, 0.4) is 0 Å². The van der Waals surface area contributed by atoms with E-state index >= 15 is 0 Å². The molecule has 1 heterocycles. The second-order valence-corrected chi connectivity index (χ2v) is 4.09. The third kappa shape index (κ3) is 3.12. The number of ether oxygens (including phenoxy) is 1. The number of rotatable bonds is 5. The summed E-state index contributed by atoms with van der Waals surface area (Å²) in [4.78, 5) is 15.9. The standard InChI is InChI=1S/C13H15FN4O2/c1-20-12-6-9(2-3-10(12)14)17-13(19)11-7-18(5-4-15)8-16-11/h2-3,6-8H,4-5,15H2,1H3,(H,17,19). The third-order valence-electron chi connectivity index (χ3n) is 2.66. The Labute approximate surface area is 115 Å². The van der Waals surface area contributed by atoms with E-state index < -0.39 is 5.82 Å². The molecule has 0 saturated heterocycles. The maximum absolute atomic E-state index is 13.3. The largest absolute Gasteiger partial charge is 0.494 e. The first-order valence-corrected chi connectivity index (χ1v) is 6.00. The number of nitrogens with one attached hydrogen (secondary N) is 1. The van der Waals surface area contributed by atoms with Crippen molar-refractivity contribution in [1.82, 2.24) is 9.55 Å². The number of methoxy groups -OCH3 is 1. The zero-order chi connectivity index (χ0) is 14.5. The molecule has 0 aliphatic carbocycles. The molecular formula is C13H15FN4O2. The second-order valence-electron chi connectivity index (χ2n) is 4.09. The number of amides is 1. The minimum atomic E-state index is -0.488. The van der Waals surface area contributed by atoms with Gasteiger partial charge in [0.1, 0.15) is 5.69 Å². The fraction of sp³-hybridized carbons (Fsp3) is 0.231. The Morgan fingerprint density at radius 3 is 3.05 bits per heavy atom. The van der Waals surface area contributed by atoms with Crippen molar-refractivity contribution in [2.45, 2.75) is 6.54 Å². The Morgan fingerprint density at radius 1 is 1.55 bits per heavy atom. The highest BCUT2D eigenvalue weighted by atomic mass is 19.1. The number of benzene rings is 1. The van der Waals surface area contributed by atoms with Crippen LogP contribution in [0.2, 0.25) is 0 Å². The molecule has 0 aliphatic heterocycles. The summed E-state index contributed by atoms with van der Waals surface area (Å²) >= 11 is 0. The lowest BCUT2D eigenvalue weighted by Crippen LogP contribution is -2.13. The van der Waals surface area contributed by atoms with E-state index in [1.807, 2.05) is 0 Å². The van der Waals surface area contributed by atoms with Gasteiger partial charge in [-0.15, -0.1) is 0 Å². The summed E-state index contributed by atoms with van der Waals surface area (Å²) in [5.74, 6) is -0.802. The van der Waals surface area contributed by atoms with Gasteiger partial charge in [0.2, 0.25) is 0 Å². The van der Waals surface area contributed by atoms with Crippen LogP contribution in [0.5, 0.6) is 5.75 Å². The number of hydrogen-bond donors (Lipinski definition) is 2. The van der Waals surface area contributed by atoms with Crippen LogP contribution in [0.4, 0.5) is 10.1 Å². The lowest BCUT2D eigenvalue weighted by Gasteiger charge is -2.06. The van der Waals surface area contributed by atoms with Gasteiger partial charge in [-0.2, -0.15) is 0 Å². The average molecular weight is 278 g/mol. The van der Waals surface area contributed by atoms with Crippen molar-refractivity contribution < 1.29 is 13.9 Å². The van der Waals surface area contributed by atoms with E-state index in [0.29, 0.717) is 18.8 Å². The third-order valence-corrected chi connectivity index (χ3v) is 2.66. The summed E-state index contributed by atoms with van der Waals surface area (Å²) in [6.07, 6.45) is 3.13. The molecular weight excluding hydrogens is 263 g/mol. The van der Waals surface area contributed by atoms with Crippen LogP contribution in [0.15, 0.2) is 30.7 Å². The first-order valence-electron chi connectivity index (χ1n) is 6.00. The SMILES string of the molecule is COc1cc(NC(=O)c2cn(CCN)cn2)ccc1F. The van der Waals surface area contributed by atoms with Crippen LogP contribution in [0, 0.1) is 5.82 Å². The smallest absolute Gasteiger partial charge is 0.275 e. The monoisotopic (exact) mass is 278 g/mol. The highest BCUT2D eigenvalue weighted by Gasteiger charge is 2.11. The van der Waals surface area contributed by atoms with Gasteiger partial charge >= 0.3 is 0 Å². The normalized spacial score (nSPS) is 10.3. The van der Waals surface area contributed by atoms with E-state index in [1.165, 1.54) is 31.6 Å². The molecule has 1 aromatic heterocycles. The number of halogens is 1. The molecule has 20 heavy (non-hydrogen) atoms. The minimum absolute atomic E-state index is 0.0662. The number of nitrogens with zero attached hydrogens (tertiary/aromatic N) is 2. The molecule has 106 valence electrons. The van der Waals surface area contributed by atoms with Crippen LogP contribution in [-0.2, 0) is 6.54 Å². The number of aromatic nitrogens is 2. The van der Waals surface area contributed by atoms with Crippen molar-refractivity contribution in [3.63, 3.8) is 0 Å². The predicted octanol–water partition coefficient (Wildman–Crippen LogP) is 1.24. The molecule has 0 spiro atoms. The molecule has 3 N–H and O–H groups in total. The Hall–Kier alpha value is -2.41. The summed E-state index contributed by atoms with van der Waals surface area (Å²) < 4.78 is 19.8. The summed E-state index contributed by atoms with van der Waals surface area (Å²) in [5.41, 5.74) is 6.11. The molecule has 0 aliphatic rings. The van der Waals surface area contributed by atoms with Crippen molar-refractivity contribution in [2.24, 2.45) is 5.73 Å². The first kappa shape index (κ1) is 14.0. The quantitative estimate of drug-likeness (QED) is 0.862. The van der Waals surface area contributed by atoms with Crippen LogP contribution < -0.4 is 15.8 Å². The van der Waals surface area contributed by atoms with Gasteiger partial charge in [0.05, 0.1) is 13.4 Å². The van der Waals surface area contributed by atoms with E-state index in [9.17, 15) is 9.18 Å². The second kappa shape index (κ2) is 6.16. The highest BCUT2D eigenvalue weighted by Crippen LogP contribution is 2.21. The van der Waals surface area contributed by atoms with Crippen molar-refractivity contribution in [3.05, 3.63) is 42.2 Å². The van der Waals surface area contributed by atoms with Gasteiger partial charge in [-0.1, -0.05) is 0 Å². The summed E-state index contributed by atoms with van der Waals surface area (Å²) in [5, 5.41) is 2.62. The Kier molecular flexibility index (Phi) is 4.31. The molecule has 0 atom stereocenters. The molecule has 2 aromatic rings. The van der Waals surface area contributed by atoms with Gasteiger partial charge in [-0.05, 0) is 12.1 Å². The van der Waals surface area contributed by atoms with Gasteiger partial charge in [-0.25, -0.2) is 9.37 Å². The van der Waals surface area contributed by atoms with Gasteiger partial charge in [0.25, 0.3) is 5.91 Å². The van der Waals surface area contributed by atoms with Gasteiger partial charge in [-0.3, -0.25) is 4.79 Å². The van der Waals surface area contributed by atoms with E-state index in [2.05, 4.69) is 10.3 Å². The molecule has 7 heteroatoms.